The highest BCUT2D eigenvalue weighted by Crippen LogP contribution is 2.24. The fourth-order valence-corrected chi connectivity index (χ4v) is 1.68. The van der Waals surface area contributed by atoms with Crippen molar-refractivity contribution in [2.45, 2.75) is 6.92 Å². The Kier molecular flexibility index (Phi) is 4.42. The molecule has 0 saturated carbocycles. The largest absolute Gasteiger partial charge is 0.463 e. The molecule has 1 aromatic heterocycles. The predicted molar refractivity (Wildman–Crippen MR) is 74.8 cm³/mol. The summed E-state index contributed by atoms with van der Waals surface area (Å²) in [5.74, 6) is 0.935. The molecule has 0 aliphatic rings. The van der Waals surface area contributed by atoms with Gasteiger partial charge in [-0.2, -0.15) is 0 Å². The first-order chi connectivity index (χ1) is 9.19. The molecule has 2 aromatic rings. The van der Waals surface area contributed by atoms with E-state index in [1.807, 2.05) is 18.2 Å². The molecular weight excluding hydrogens is 264 g/mol. The number of rotatable bonds is 4. The summed E-state index contributed by atoms with van der Waals surface area (Å²) >= 11 is 5.83. The number of halogens is 1. The third-order valence-corrected chi connectivity index (χ3v) is 2.68. The predicted octanol–water partition coefficient (Wildman–Crippen LogP) is 4.18. The molecule has 0 aliphatic heterocycles. The standard InChI is InChI=1S/C15H13ClO3/c1-2-18-15(17)10-8-13-7-9-14(19-13)11-3-5-12(16)6-4-11/h3-10H,2H2,1H3. The highest BCUT2D eigenvalue weighted by molar-refractivity contribution is 6.30. The van der Waals surface area contributed by atoms with E-state index in [-0.39, 0.29) is 5.97 Å². The van der Waals surface area contributed by atoms with Crippen molar-refractivity contribution in [3.8, 4) is 11.3 Å². The van der Waals surface area contributed by atoms with Crippen LogP contribution in [0, 0.1) is 0 Å². The van der Waals surface area contributed by atoms with E-state index in [0.29, 0.717) is 17.4 Å². The molecule has 1 heterocycles. The molecule has 0 N–H and O–H groups in total. The average molecular weight is 277 g/mol. The molecule has 0 spiro atoms. The van der Waals surface area contributed by atoms with Gasteiger partial charge in [-0.15, -0.1) is 0 Å². The van der Waals surface area contributed by atoms with Gasteiger partial charge in [-0.3, -0.25) is 0 Å². The van der Waals surface area contributed by atoms with Gasteiger partial charge in [0.2, 0.25) is 0 Å². The number of hydrogen-bond acceptors (Lipinski definition) is 3. The Morgan fingerprint density at radius 3 is 2.68 bits per heavy atom. The molecule has 0 unspecified atom stereocenters. The number of benzene rings is 1. The number of hydrogen-bond donors (Lipinski definition) is 0. The van der Waals surface area contributed by atoms with E-state index in [1.165, 1.54) is 6.08 Å². The summed E-state index contributed by atoms with van der Waals surface area (Å²) in [5.41, 5.74) is 0.931. The second-order valence-electron chi connectivity index (χ2n) is 3.79. The Labute approximate surface area is 116 Å². The summed E-state index contributed by atoms with van der Waals surface area (Å²) in [5, 5.41) is 0.678. The summed E-state index contributed by atoms with van der Waals surface area (Å²) in [7, 11) is 0. The van der Waals surface area contributed by atoms with E-state index < -0.39 is 0 Å². The monoisotopic (exact) mass is 276 g/mol. The molecule has 19 heavy (non-hydrogen) atoms. The van der Waals surface area contributed by atoms with Crippen molar-refractivity contribution in [1.29, 1.82) is 0 Å². The highest BCUT2D eigenvalue weighted by atomic mass is 35.5. The Morgan fingerprint density at radius 1 is 1.26 bits per heavy atom. The number of carbonyl (C=O) groups excluding carboxylic acids is 1. The van der Waals surface area contributed by atoms with E-state index in [9.17, 15) is 4.79 Å². The smallest absolute Gasteiger partial charge is 0.330 e. The second-order valence-corrected chi connectivity index (χ2v) is 4.23. The quantitative estimate of drug-likeness (QED) is 0.621. The number of furan rings is 1. The zero-order chi connectivity index (χ0) is 13.7. The third-order valence-electron chi connectivity index (χ3n) is 2.43. The van der Waals surface area contributed by atoms with E-state index >= 15 is 0 Å². The third kappa shape index (κ3) is 3.73. The Balaban J connectivity index is 2.11. The molecule has 3 nitrogen and oxygen atoms in total. The Bertz CT molecular complexity index is 582. The van der Waals surface area contributed by atoms with Crippen LogP contribution in [0.4, 0.5) is 0 Å². The van der Waals surface area contributed by atoms with Crippen molar-refractivity contribution < 1.29 is 13.9 Å². The maximum absolute atomic E-state index is 11.2. The molecule has 0 fully saturated rings. The zero-order valence-corrected chi connectivity index (χ0v) is 11.2. The topological polar surface area (TPSA) is 39.4 Å². The first-order valence-electron chi connectivity index (χ1n) is 5.89. The van der Waals surface area contributed by atoms with Crippen LogP contribution in [0.3, 0.4) is 0 Å². The fraction of sp³-hybridized carbons (Fsp3) is 0.133. The zero-order valence-electron chi connectivity index (χ0n) is 10.4. The normalized spacial score (nSPS) is 10.8. The minimum absolute atomic E-state index is 0.358. The van der Waals surface area contributed by atoms with Crippen molar-refractivity contribution in [3.63, 3.8) is 0 Å². The van der Waals surface area contributed by atoms with Gasteiger partial charge in [0, 0.05) is 16.7 Å². The van der Waals surface area contributed by atoms with Gasteiger partial charge in [0.25, 0.3) is 0 Å². The highest BCUT2D eigenvalue weighted by Gasteiger charge is 2.03. The number of esters is 1. The molecule has 0 atom stereocenters. The van der Waals surface area contributed by atoms with Gasteiger partial charge in [-0.25, -0.2) is 4.79 Å². The lowest BCUT2D eigenvalue weighted by atomic mass is 10.2. The Morgan fingerprint density at radius 2 is 2.00 bits per heavy atom. The molecule has 4 heteroatoms. The van der Waals surface area contributed by atoms with Crippen LogP contribution in [0.25, 0.3) is 17.4 Å². The molecule has 1 aromatic carbocycles. The van der Waals surface area contributed by atoms with E-state index in [2.05, 4.69) is 0 Å². The second kappa shape index (κ2) is 6.25. The van der Waals surface area contributed by atoms with Gasteiger partial charge >= 0.3 is 5.97 Å². The van der Waals surface area contributed by atoms with Crippen LogP contribution in [0.1, 0.15) is 12.7 Å². The van der Waals surface area contributed by atoms with Crippen LogP contribution in [0.5, 0.6) is 0 Å². The van der Waals surface area contributed by atoms with Crippen LogP contribution >= 0.6 is 11.6 Å². The average Bonchev–Trinajstić information content (AvgIpc) is 2.86. The molecule has 0 radical (unpaired) electrons. The maximum Gasteiger partial charge on any atom is 0.330 e. The molecule has 2 rings (SSSR count). The van der Waals surface area contributed by atoms with Crippen LogP contribution < -0.4 is 0 Å². The van der Waals surface area contributed by atoms with Gasteiger partial charge in [0.1, 0.15) is 11.5 Å². The van der Waals surface area contributed by atoms with Gasteiger partial charge in [-0.05, 0) is 49.4 Å². The molecule has 0 bridgehead atoms. The molecular formula is C15H13ClO3. The van der Waals surface area contributed by atoms with E-state index in [1.54, 1.807) is 31.2 Å². The summed E-state index contributed by atoms with van der Waals surface area (Å²) < 4.78 is 10.4. The van der Waals surface area contributed by atoms with Gasteiger partial charge in [0.15, 0.2) is 0 Å². The SMILES string of the molecule is CCOC(=O)C=Cc1ccc(-c2ccc(Cl)cc2)o1. The summed E-state index contributed by atoms with van der Waals surface area (Å²) in [6, 6.07) is 11.0. The lowest BCUT2D eigenvalue weighted by Crippen LogP contribution is -1.98. The first kappa shape index (κ1) is 13.4. The molecule has 0 saturated heterocycles. The first-order valence-corrected chi connectivity index (χ1v) is 6.27. The van der Waals surface area contributed by atoms with Crippen molar-refractivity contribution >= 4 is 23.6 Å². The molecule has 0 amide bonds. The maximum atomic E-state index is 11.2. The minimum Gasteiger partial charge on any atom is -0.463 e. The van der Waals surface area contributed by atoms with E-state index in [4.69, 9.17) is 20.8 Å². The van der Waals surface area contributed by atoms with Gasteiger partial charge in [0.05, 0.1) is 6.61 Å². The number of ether oxygens (including phenoxy) is 1. The van der Waals surface area contributed by atoms with Crippen molar-refractivity contribution in [2.24, 2.45) is 0 Å². The summed E-state index contributed by atoms with van der Waals surface area (Å²) in [6.45, 7) is 2.12. The van der Waals surface area contributed by atoms with Crippen molar-refractivity contribution in [1.82, 2.24) is 0 Å². The van der Waals surface area contributed by atoms with Crippen molar-refractivity contribution in [3.05, 3.63) is 53.3 Å². The van der Waals surface area contributed by atoms with Gasteiger partial charge in [-0.1, -0.05) is 11.6 Å². The van der Waals surface area contributed by atoms with Crippen molar-refractivity contribution in [2.75, 3.05) is 6.61 Å². The Hall–Kier alpha value is -2.00. The van der Waals surface area contributed by atoms with Crippen LogP contribution in [0.15, 0.2) is 46.9 Å². The van der Waals surface area contributed by atoms with E-state index in [0.717, 1.165) is 11.3 Å². The van der Waals surface area contributed by atoms with Crippen LogP contribution in [-0.4, -0.2) is 12.6 Å². The lowest BCUT2D eigenvalue weighted by Gasteiger charge is -1.96. The minimum atomic E-state index is -0.382. The van der Waals surface area contributed by atoms with Crippen LogP contribution in [0.2, 0.25) is 5.02 Å². The summed E-state index contributed by atoms with van der Waals surface area (Å²) in [6.07, 6.45) is 2.92. The molecule has 0 aliphatic carbocycles. The van der Waals surface area contributed by atoms with Crippen LogP contribution in [-0.2, 0) is 9.53 Å². The summed E-state index contributed by atoms with van der Waals surface area (Å²) in [4.78, 5) is 11.2. The fourth-order valence-electron chi connectivity index (χ4n) is 1.55. The van der Waals surface area contributed by atoms with Gasteiger partial charge < -0.3 is 9.15 Å². The number of carbonyl (C=O) groups is 1. The lowest BCUT2D eigenvalue weighted by molar-refractivity contribution is -0.137. The molecule has 98 valence electrons.